The van der Waals surface area contributed by atoms with Crippen LogP contribution < -0.4 is 4.90 Å². The molecule has 0 N–H and O–H groups in total. The molecule has 9 nitrogen and oxygen atoms in total. The number of guanidine groups is 1. The van der Waals surface area contributed by atoms with Crippen LogP contribution in [0.15, 0.2) is 34.7 Å². The number of sulfonamides is 1. The summed E-state index contributed by atoms with van der Waals surface area (Å²) in [6.45, 7) is 6.93. The summed E-state index contributed by atoms with van der Waals surface area (Å²) in [5, 5.41) is 0. The van der Waals surface area contributed by atoms with E-state index in [4.69, 9.17) is 4.74 Å². The first-order chi connectivity index (χ1) is 15.0. The third-order valence-electron chi connectivity index (χ3n) is 5.24. The normalized spacial score (nSPS) is 19.9. The lowest BCUT2D eigenvalue weighted by atomic mass is 10.1. The average Bonchev–Trinajstić information content (AvgIpc) is 3.38. The van der Waals surface area contributed by atoms with E-state index in [1.165, 1.54) is 9.80 Å². The molecule has 10 heteroatoms. The molecule has 32 heavy (non-hydrogen) atoms. The Kier molecular flexibility index (Phi) is 7.12. The van der Waals surface area contributed by atoms with Gasteiger partial charge in [0.25, 0.3) is 15.9 Å². The van der Waals surface area contributed by atoms with E-state index in [1.807, 2.05) is 11.0 Å². The van der Waals surface area contributed by atoms with Crippen molar-refractivity contribution in [1.82, 2.24) is 9.80 Å². The molecule has 3 rings (SSSR count). The van der Waals surface area contributed by atoms with Crippen LogP contribution >= 0.6 is 0 Å². The van der Waals surface area contributed by atoms with Crippen molar-refractivity contribution >= 4 is 33.7 Å². The zero-order valence-corrected chi connectivity index (χ0v) is 20.0. The number of hydrogen-bond donors (Lipinski definition) is 0. The van der Waals surface area contributed by atoms with Gasteiger partial charge in [0.05, 0.1) is 11.9 Å². The van der Waals surface area contributed by atoms with E-state index in [2.05, 4.69) is 4.40 Å². The lowest BCUT2D eigenvalue weighted by molar-refractivity contribution is -0.122. The highest BCUT2D eigenvalue weighted by molar-refractivity contribution is 7.89. The Morgan fingerprint density at radius 1 is 1.06 bits per heavy atom. The minimum atomic E-state index is -3.78. The summed E-state index contributed by atoms with van der Waals surface area (Å²) in [5.74, 6) is -0.314. The summed E-state index contributed by atoms with van der Waals surface area (Å²) in [6.07, 6.45) is 3.34. The molecule has 2 heterocycles. The van der Waals surface area contributed by atoms with Crippen molar-refractivity contribution in [2.24, 2.45) is 4.40 Å². The Labute approximate surface area is 190 Å². The number of carbonyl (C=O) groups is 2. The third-order valence-corrected chi connectivity index (χ3v) is 5.73. The summed E-state index contributed by atoms with van der Waals surface area (Å²) in [7, 11) is -3.78. The van der Waals surface area contributed by atoms with Gasteiger partial charge in [0.2, 0.25) is 5.96 Å². The average molecular weight is 465 g/mol. The molecule has 1 atom stereocenters. The molecular formula is C22H32N4O5S. The predicted molar refractivity (Wildman–Crippen MR) is 123 cm³/mol. The summed E-state index contributed by atoms with van der Waals surface area (Å²) in [5.41, 5.74) is -0.187. The SMILES string of the molecule is CC(C)(C)OC(=O)N1CCCC1C(=O)N(C(=NS(C)(=O)=O)N1CCCC1)c1ccccc1. The van der Waals surface area contributed by atoms with Gasteiger partial charge in [0.15, 0.2) is 0 Å². The lowest BCUT2D eigenvalue weighted by Crippen LogP contribution is -2.54. The van der Waals surface area contributed by atoms with Gasteiger partial charge in [-0.1, -0.05) is 18.2 Å². The number of ether oxygens (including phenoxy) is 1. The maximum Gasteiger partial charge on any atom is 0.410 e. The number of hydrogen-bond acceptors (Lipinski definition) is 5. The molecule has 0 aromatic heterocycles. The van der Waals surface area contributed by atoms with Gasteiger partial charge in [0.1, 0.15) is 11.6 Å². The minimum absolute atomic E-state index is 0.0808. The first kappa shape index (κ1) is 24.0. The van der Waals surface area contributed by atoms with Crippen LogP contribution in [0.5, 0.6) is 0 Å². The molecule has 0 aliphatic carbocycles. The number of amides is 2. The zero-order chi connectivity index (χ0) is 23.5. The summed E-state index contributed by atoms with van der Waals surface area (Å²) >= 11 is 0. The Morgan fingerprint density at radius 2 is 1.69 bits per heavy atom. The van der Waals surface area contributed by atoms with E-state index in [-0.39, 0.29) is 5.96 Å². The lowest BCUT2D eigenvalue weighted by Gasteiger charge is -2.34. The minimum Gasteiger partial charge on any atom is -0.444 e. The summed E-state index contributed by atoms with van der Waals surface area (Å²) in [4.78, 5) is 31.3. The molecule has 0 radical (unpaired) electrons. The van der Waals surface area contributed by atoms with Gasteiger partial charge in [-0.2, -0.15) is 0 Å². The van der Waals surface area contributed by atoms with Crippen LogP contribution in [0.4, 0.5) is 10.5 Å². The number of nitrogens with zero attached hydrogens (tertiary/aromatic N) is 4. The number of anilines is 1. The van der Waals surface area contributed by atoms with Crippen molar-refractivity contribution < 1.29 is 22.7 Å². The number of para-hydroxylation sites is 1. The monoisotopic (exact) mass is 464 g/mol. The van der Waals surface area contributed by atoms with Crippen LogP contribution in [0.3, 0.4) is 0 Å². The van der Waals surface area contributed by atoms with Crippen molar-refractivity contribution in [3.63, 3.8) is 0 Å². The van der Waals surface area contributed by atoms with E-state index in [1.54, 1.807) is 45.0 Å². The third kappa shape index (κ3) is 5.99. The topological polar surface area (TPSA) is 99.6 Å². The van der Waals surface area contributed by atoms with E-state index in [0.29, 0.717) is 38.2 Å². The Morgan fingerprint density at radius 3 is 2.25 bits per heavy atom. The Hall–Kier alpha value is -2.62. The van der Waals surface area contributed by atoms with Crippen LogP contribution in [0.2, 0.25) is 0 Å². The smallest absolute Gasteiger partial charge is 0.410 e. The molecule has 2 fully saturated rings. The van der Waals surface area contributed by atoms with Gasteiger partial charge >= 0.3 is 6.09 Å². The molecule has 1 aromatic rings. The van der Waals surface area contributed by atoms with Crippen molar-refractivity contribution in [2.45, 2.75) is 58.1 Å². The Balaban J connectivity index is 2.03. The largest absolute Gasteiger partial charge is 0.444 e. The molecule has 0 spiro atoms. The maximum absolute atomic E-state index is 13.9. The molecule has 176 valence electrons. The molecule has 2 saturated heterocycles. The van der Waals surface area contributed by atoms with Crippen LogP contribution in [-0.2, 0) is 19.6 Å². The van der Waals surface area contributed by atoms with Gasteiger partial charge in [-0.3, -0.25) is 9.69 Å². The van der Waals surface area contributed by atoms with Crippen LogP contribution in [-0.4, -0.2) is 73.7 Å². The van der Waals surface area contributed by atoms with Crippen molar-refractivity contribution in [3.8, 4) is 0 Å². The van der Waals surface area contributed by atoms with Crippen LogP contribution in [0.25, 0.3) is 0 Å². The maximum atomic E-state index is 13.9. The first-order valence-electron chi connectivity index (χ1n) is 10.9. The van der Waals surface area contributed by atoms with Gasteiger partial charge in [0, 0.05) is 19.6 Å². The highest BCUT2D eigenvalue weighted by atomic mass is 32.2. The van der Waals surface area contributed by atoms with Crippen molar-refractivity contribution in [3.05, 3.63) is 30.3 Å². The molecular weight excluding hydrogens is 432 g/mol. The van der Waals surface area contributed by atoms with Gasteiger partial charge in [-0.15, -0.1) is 4.40 Å². The Bertz CT molecular complexity index is 966. The van der Waals surface area contributed by atoms with Crippen LogP contribution in [0, 0.1) is 0 Å². The van der Waals surface area contributed by atoms with E-state index in [9.17, 15) is 18.0 Å². The number of rotatable bonds is 3. The second-order valence-electron chi connectivity index (χ2n) is 9.16. The van der Waals surface area contributed by atoms with E-state index in [0.717, 1.165) is 19.1 Å². The van der Waals surface area contributed by atoms with Gasteiger partial charge in [-0.05, 0) is 58.6 Å². The van der Waals surface area contributed by atoms with Gasteiger partial charge in [-0.25, -0.2) is 18.1 Å². The standard InChI is InChI=1S/C22H32N4O5S/c1-22(2,3)31-21(28)25-16-10-13-18(25)19(27)26(17-11-6-5-7-12-17)20(23-32(4,29)30)24-14-8-9-15-24/h5-7,11-12,18H,8-10,13-16H2,1-4H3. The highest BCUT2D eigenvalue weighted by Gasteiger charge is 2.41. The van der Waals surface area contributed by atoms with E-state index < -0.39 is 33.7 Å². The summed E-state index contributed by atoms with van der Waals surface area (Å²) in [6, 6.07) is 8.07. The number of benzene rings is 1. The second kappa shape index (κ2) is 9.48. The molecule has 2 amide bonds. The van der Waals surface area contributed by atoms with E-state index >= 15 is 0 Å². The zero-order valence-electron chi connectivity index (χ0n) is 19.2. The quantitative estimate of drug-likeness (QED) is 0.504. The number of likely N-dealkylation sites (tertiary alicyclic amines) is 2. The van der Waals surface area contributed by atoms with Crippen molar-refractivity contribution in [2.75, 3.05) is 30.8 Å². The second-order valence-corrected chi connectivity index (χ2v) is 10.8. The fraction of sp³-hybridized carbons (Fsp3) is 0.591. The summed E-state index contributed by atoms with van der Waals surface area (Å²) < 4.78 is 33.8. The van der Waals surface area contributed by atoms with Gasteiger partial charge < -0.3 is 9.64 Å². The molecule has 1 unspecified atom stereocenters. The highest BCUT2D eigenvalue weighted by Crippen LogP contribution is 2.27. The number of carbonyl (C=O) groups excluding carboxylic acids is 2. The van der Waals surface area contributed by atoms with Crippen molar-refractivity contribution in [1.29, 1.82) is 0 Å². The van der Waals surface area contributed by atoms with Crippen LogP contribution in [0.1, 0.15) is 46.5 Å². The fourth-order valence-electron chi connectivity index (χ4n) is 3.94. The molecule has 2 aliphatic heterocycles. The fourth-order valence-corrected chi connectivity index (χ4v) is 4.43. The molecule has 0 saturated carbocycles. The molecule has 2 aliphatic rings. The molecule has 0 bridgehead atoms. The predicted octanol–water partition coefficient (Wildman–Crippen LogP) is 2.83. The first-order valence-corrected chi connectivity index (χ1v) is 12.7. The molecule has 1 aromatic carbocycles.